The Labute approximate surface area is 212 Å². The Hall–Kier alpha value is -1.18. The molecule has 2 aliphatic heterocycles. The summed E-state index contributed by atoms with van der Waals surface area (Å²) >= 11 is 0. The van der Waals surface area contributed by atoms with Gasteiger partial charge in [0.1, 0.15) is 6.04 Å². The van der Waals surface area contributed by atoms with Crippen LogP contribution in [0.1, 0.15) is 97.8 Å². The molecular weight excluding hydrogens is 440 g/mol. The molecule has 4 aliphatic rings. The van der Waals surface area contributed by atoms with Crippen LogP contribution in [-0.4, -0.2) is 71.7 Å². The molecule has 2 saturated carbocycles. The number of hydrogen-bond acceptors (Lipinski definition) is 5. The Morgan fingerprint density at radius 3 is 2.23 bits per heavy atom. The normalized spacial score (nSPS) is 33.8. The van der Waals surface area contributed by atoms with E-state index in [9.17, 15) is 14.7 Å². The molecular formula is C28H50N4O3. The first-order valence-corrected chi connectivity index (χ1v) is 14.5. The Kier molecular flexibility index (Phi) is 9.14. The fourth-order valence-corrected chi connectivity index (χ4v) is 7.10. The minimum atomic E-state index is -0.492. The number of hydrogen-bond donors (Lipinski definition) is 4. The molecule has 0 radical (unpaired) electrons. The topological polar surface area (TPSA) is 93.7 Å². The Morgan fingerprint density at radius 1 is 0.943 bits per heavy atom. The lowest BCUT2D eigenvalue weighted by atomic mass is 9.70. The van der Waals surface area contributed by atoms with Crippen LogP contribution in [-0.2, 0) is 9.59 Å². The van der Waals surface area contributed by atoms with Crippen LogP contribution in [0.15, 0.2) is 0 Å². The fraction of sp³-hybridized carbons (Fsp3) is 0.929. The number of nitrogens with one attached hydrogen (secondary N) is 3. The molecule has 0 bridgehead atoms. The second-order valence-electron chi connectivity index (χ2n) is 12.9. The summed E-state index contributed by atoms with van der Waals surface area (Å²) in [7, 11) is 0. The zero-order valence-corrected chi connectivity index (χ0v) is 22.4. The standard InChI is InChI=1S/C28H50N4O3/c1-28(2,3)20-11-13-22(14-12-20)32(27(35)24-16-23(33)18-30-24)25(19-8-7-15-29-17-19)26(34)31-21-9-5-4-6-10-21/h19-25,29-30,33H,4-18H2,1-3H3,(H,31,34)/t19?,20?,22?,23-,24+,25?/m0/s1. The monoisotopic (exact) mass is 490 g/mol. The zero-order chi connectivity index (χ0) is 25.0. The van der Waals surface area contributed by atoms with E-state index in [0.717, 1.165) is 64.5 Å². The molecule has 2 saturated heterocycles. The van der Waals surface area contributed by atoms with Gasteiger partial charge in [0.05, 0.1) is 12.1 Å². The molecule has 200 valence electrons. The summed E-state index contributed by atoms with van der Waals surface area (Å²) < 4.78 is 0. The van der Waals surface area contributed by atoms with Gasteiger partial charge in [-0.3, -0.25) is 9.59 Å². The maximum absolute atomic E-state index is 14.1. The molecule has 2 unspecified atom stereocenters. The van der Waals surface area contributed by atoms with Crippen molar-refractivity contribution in [1.82, 2.24) is 20.9 Å². The number of rotatable bonds is 6. The minimum Gasteiger partial charge on any atom is -0.392 e. The molecule has 0 aromatic carbocycles. The highest BCUT2D eigenvalue weighted by Gasteiger charge is 2.45. The molecule has 2 amide bonds. The van der Waals surface area contributed by atoms with Gasteiger partial charge >= 0.3 is 0 Å². The SMILES string of the molecule is CC(C)(C)C1CCC(N(C(=O)[C@H]2C[C@H](O)CN2)C(C(=O)NC2CCCCC2)C2CCCNC2)CC1. The lowest BCUT2D eigenvalue weighted by Crippen LogP contribution is -2.63. The molecule has 4 atom stereocenters. The molecule has 2 aliphatic carbocycles. The maximum atomic E-state index is 14.1. The highest BCUT2D eigenvalue weighted by Crippen LogP contribution is 2.40. The molecule has 4 fully saturated rings. The van der Waals surface area contributed by atoms with E-state index in [1.807, 2.05) is 4.90 Å². The quantitative estimate of drug-likeness (QED) is 0.459. The molecule has 0 aromatic rings. The van der Waals surface area contributed by atoms with E-state index in [2.05, 4.69) is 36.7 Å². The summed E-state index contributed by atoms with van der Waals surface area (Å²) in [6.45, 7) is 9.17. The average Bonchev–Trinajstić information content (AvgIpc) is 3.29. The van der Waals surface area contributed by atoms with Crippen LogP contribution < -0.4 is 16.0 Å². The highest BCUT2D eigenvalue weighted by atomic mass is 16.3. The van der Waals surface area contributed by atoms with Crippen molar-refractivity contribution in [2.24, 2.45) is 17.3 Å². The lowest BCUT2D eigenvalue weighted by Gasteiger charge is -2.47. The summed E-state index contributed by atoms with van der Waals surface area (Å²) in [4.78, 5) is 30.1. The number of amides is 2. The minimum absolute atomic E-state index is 0.0233. The first-order chi connectivity index (χ1) is 16.7. The van der Waals surface area contributed by atoms with Crippen molar-refractivity contribution in [3.63, 3.8) is 0 Å². The van der Waals surface area contributed by atoms with Gasteiger partial charge in [0.2, 0.25) is 11.8 Å². The van der Waals surface area contributed by atoms with E-state index in [1.54, 1.807) is 0 Å². The molecule has 7 nitrogen and oxygen atoms in total. The van der Waals surface area contributed by atoms with Gasteiger partial charge in [-0.1, -0.05) is 40.0 Å². The molecule has 35 heavy (non-hydrogen) atoms. The van der Waals surface area contributed by atoms with Gasteiger partial charge in [0.25, 0.3) is 0 Å². The van der Waals surface area contributed by atoms with Crippen molar-refractivity contribution in [2.45, 2.75) is 128 Å². The molecule has 4 rings (SSSR count). The van der Waals surface area contributed by atoms with E-state index < -0.39 is 18.2 Å². The molecule has 0 aromatic heterocycles. The third kappa shape index (κ3) is 6.78. The zero-order valence-electron chi connectivity index (χ0n) is 22.4. The van der Waals surface area contributed by atoms with Crippen LogP contribution in [0.5, 0.6) is 0 Å². The highest BCUT2D eigenvalue weighted by molar-refractivity contribution is 5.90. The first kappa shape index (κ1) is 26.9. The van der Waals surface area contributed by atoms with Crippen molar-refractivity contribution in [3.8, 4) is 0 Å². The molecule has 2 heterocycles. The number of nitrogens with zero attached hydrogens (tertiary/aromatic N) is 1. The van der Waals surface area contributed by atoms with Crippen molar-refractivity contribution >= 4 is 11.8 Å². The van der Waals surface area contributed by atoms with Gasteiger partial charge in [-0.05, 0) is 75.7 Å². The van der Waals surface area contributed by atoms with Crippen molar-refractivity contribution in [3.05, 3.63) is 0 Å². The van der Waals surface area contributed by atoms with Gasteiger partial charge in [0, 0.05) is 31.1 Å². The lowest BCUT2D eigenvalue weighted by molar-refractivity contribution is -0.149. The third-order valence-electron chi connectivity index (χ3n) is 9.28. The summed E-state index contributed by atoms with van der Waals surface area (Å²) in [5, 5.41) is 20.3. The van der Waals surface area contributed by atoms with Gasteiger partial charge in [0.15, 0.2) is 0 Å². The van der Waals surface area contributed by atoms with Crippen molar-refractivity contribution in [1.29, 1.82) is 0 Å². The van der Waals surface area contributed by atoms with Crippen LogP contribution in [0, 0.1) is 17.3 Å². The van der Waals surface area contributed by atoms with Crippen LogP contribution in [0.4, 0.5) is 0 Å². The van der Waals surface area contributed by atoms with Gasteiger partial charge in [-0.15, -0.1) is 0 Å². The average molecular weight is 491 g/mol. The maximum Gasteiger partial charge on any atom is 0.243 e. The number of β-amino-alcohol motifs (C(OH)–C–C–N with tert-alkyl or cyclic N) is 1. The van der Waals surface area contributed by atoms with E-state index in [0.29, 0.717) is 18.9 Å². The van der Waals surface area contributed by atoms with Gasteiger partial charge in [-0.25, -0.2) is 0 Å². The smallest absolute Gasteiger partial charge is 0.243 e. The van der Waals surface area contributed by atoms with Crippen LogP contribution in [0.3, 0.4) is 0 Å². The van der Waals surface area contributed by atoms with Gasteiger partial charge < -0.3 is 26.0 Å². The van der Waals surface area contributed by atoms with E-state index in [4.69, 9.17) is 0 Å². The van der Waals surface area contributed by atoms with Crippen LogP contribution in [0.25, 0.3) is 0 Å². The Morgan fingerprint density at radius 2 is 1.66 bits per heavy atom. The second kappa shape index (κ2) is 11.9. The number of carbonyl (C=O) groups is 2. The predicted molar refractivity (Wildman–Crippen MR) is 139 cm³/mol. The van der Waals surface area contributed by atoms with Crippen molar-refractivity contribution in [2.75, 3.05) is 19.6 Å². The molecule has 7 heteroatoms. The van der Waals surface area contributed by atoms with Crippen LogP contribution in [0.2, 0.25) is 0 Å². The third-order valence-corrected chi connectivity index (χ3v) is 9.28. The summed E-state index contributed by atoms with van der Waals surface area (Å²) in [6.07, 6.45) is 11.7. The number of carbonyl (C=O) groups excluding carboxylic acids is 2. The summed E-state index contributed by atoms with van der Waals surface area (Å²) in [5.74, 6) is 0.849. The number of piperidine rings is 1. The predicted octanol–water partition coefficient (Wildman–Crippen LogP) is 2.96. The first-order valence-electron chi connectivity index (χ1n) is 14.5. The largest absolute Gasteiger partial charge is 0.392 e. The van der Waals surface area contributed by atoms with E-state index >= 15 is 0 Å². The number of aliphatic hydroxyl groups excluding tert-OH is 1. The van der Waals surface area contributed by atoms with Gasteiger partial charge in [-0.2, -0.15) is 0 Å². The Balaban J connectivity index is 1.59. The second-order valence-corrected chi connectivity index (χ2v) is 12.9. The van der Waals surface area contributed by atoms with E-state index in [-0.39, 0.29) is 35.2 Å². The molecule has 4 N–H and O–H groups in total. The summed E-state index contributed by atoms with van der Waals surface area (Å²) in [5.41, 5.74) is 0.266. The summed E-state index contributed by atoms with van der Waals surface area (Å²) in [6, 6.07) is -0.514. The number of aliphatic hydroxyl groups is 1. The Bertz CT molecular complexity index is 703. The van der Waals surface area contributed by atoms with E-state index in [1.165, 1.54) is 19.3 Å². The van der Waals surface area contributed by atoms with Crippen molar-refractivity contribution < 1.29 is 14.7 Å². The molecule has 0 spiro atoms. The van der Waals surface area contributed by atoms with Crippen LogP contribution >= 0.6 is 0 Å². The fourth-order valence-electron chi connectivity index (χ4n) is 7.10.